The van der Waals surface area contributed by atoms with Crippen LogP contribution in [0.5, 0.6) is 0 Å². The van der Waals surface area contributed by atoms with Crippen LogP contribution in [0.1, 0.15) is 23.3 Å². The minimum atomic E-state index is -0.0719. The molecule has 3 rings (SSSR count). The molecule has 1 fully saturated rings. The summed E-state index contributed by atoms with van der Waals surface area (Å²) in [7, 11) is 1.94. The van der Waals surface area contributed by atoms with Gasteiger partial charge in [-0.3, -0.25) is 4.79 Å². The monoisotopic (exact) mass is 325 g/mol. The smallest absolute Gasteiger partial charge is 0.276 e. The summed E-state index contributed by atoms with van der Waals surface area (Å²) in [6, 6.07) is 5.19. The van der Waals surface area contributed by atoms with Crippen LogP contribution in [0.4, 0.5) is 0 Å². The lowest BCUT2D eigenvalue weighted by Gasteiger charge is -2.32. The molecular formula is C15H20ClN3O3. The Hall–Kier alpha value is -1.79. The van der Waals surface area contributed by atoms with Crippen LogP contribution >= 0.6 is 12.4 Å². The normalized spacial score (nSPS) is 18.0. The average Bonchev–Trinajstić information content (AvgIpc) is 3.18. The van der Waals surface area contributed by atoms with Crippen LogP contribution in [0.3, 0.4) is 0 Å². The summed E-state index contributed by atoms with van der Waals surface area (Å²) in [4.78, 5) is 14.3. The van der Waals surface area contributed by atoms with E-state index in [0.29, 0.717) is 23.1 Å². The Bertz CT molecular complexity index is 595. The average molecular weight is 326 g/mol. The molecule has 0 radical (unpaired) electrons. The van der Waals surface area contributed by atoms with Crippen LogP contribution < -0.4 is 5.32 Å². The third-order valence-electron chi connectivity index (χ3n) is 3.79. The zero-order valence-electron chi connectivity index (χ0n) is 12.4. The quantitative estimate of drug-likeness (QED) is 0.934. The fraction of sp³-hybridized carbons (Fsp3) is 0.467. The maximum absolute atomic E-state index is 12.5. The summed E-state index contributed by atoms with van der Waals surface area (Å²) in [5.74, 6) is 1.49. The number of rotatable bonds is 4. The van der Waals surface area contributed by atoms with Gasteiger partial charge in [0.2, 0.25) is 5.76 Å². The Morgan fingerprint density at radius 2 is 2.36 bits per heavy atom. The third-order valence-corrected chi connectivity index (χ3v) is 3.79. The van der Waals surface area contributed by atoms with E-state index in [4.69, 9.17) is 8.94 Å². The fourth-order valence-corrected chi connectivity index (χ4v) is 2.78. The van der Waals surface area contributed by atoms with Gasteiger partial charge in [-0.25, -0.2) is 0 Å². The summed E-state index contributed by atoms with van der Waals surface area (Å²) in [6.07, 6.45) is 3.74. The molecule has 2 aromatic heterocycles. The highest BCUT2D eigenvalue weighted by molar-refractivity contribution is 5.93. The van der Waals surface area contributed by atoms with Crippen molar-refractivity contribution < 1.29 is 13.7 Å². The summed E-state index contributed by atoms with van der Waals surface area (Å²) in [5.41, 5.74) is 0.339. The molecule has 1 atom stereocenters. The number of nitrogens with one attached hydrogen (secondary N) is 1. The number of amides is 1. The molecule has 1 saturated heterocycles. The van der Waals surface area contributed by atoms with E-state index in [1.54, 1.807) is 24.5 Å². The first kappa shape index (κ1) is 16.6. The molecule has 2 aromatic rings. The largest absolute Gasteiger partial charge is 0.461 e. The summed E-state index contributed by atoms with van der Waals surface area (Å²) >= 11 is 0. The Kier molecular flexibility index (Phi) is 5.63. The highest BCUT2D eigenvalue weighted by Crippen LogP contribution is 2.23. The number of hydrogen-bond donors (Lipinski definition) is 1. The van der Waals surface area contributed by atoms with Gasteiger partial charge in [0.1, 0.15) is 0 Å². The van der Waals surface area contributed by atoms with E-state index in [9.17, 15) is 4.79 Å². The number of nitrogens with zero attached hydrogens (tertiary/aromatic N) is 2. The highest BCUT2D eigenvalue weighted by Gasteiger charge is 2.26. The van der Waals surface area contributed by atoms with Gasteiger partial charge in [-0.05, 0) is 44.5 Å². The zero-order valence-corrected chi connectivity index (χ0v) is 13.3. The lowest BCUT2D eigenvalue weighted by molar-refractivity contribution is 0.0664. The lowest BCUT2D eigenvalue weighted by atomic mass is 9.98. The van der Waals surface area contributed by atoms with E-state index in [0.717, 1.165) is 32.5 Å². The van der Waals surface area contributed by atoms with E-state index in [1.807, 2.05) is 11.9 Å². The number of carbonyl (C=O) groups excluding carboxylic acids is 1. The number of halogens is 1. The Morgan fingerprint density at radius 3 is 3.09 bits per heavy atom. The van der Waals surface area contributed by atoms with E-state index >= 15 is 0 Å². The molecule has 1 aliphatic rings. The van der Waals surface area contributed by atoms with Gasteiger partial charge in [0.05, 0.1) is 6.26 Å². The van der Waals surface area contributed by atoms with E-state index in [-0.39, 0.29) is 18.3 Å². The minimum absolute atomic E-state index is 0. The van der Waals surface area contributed by atoms with Crippen molar-refractivity contribution in [3.05, 3.63) is 30.2 Å². The zero-order chi connectivity index (χ0) is 14.7. The fourth-order valence-electron chi connectivity index (χ4n) is 2.78. The lowest BCUT2D eigenvalue weighted by Crippen LogP contribution is -2.42. The van der Waals surface area contributed by atoms with E-state index in [1.165, 1.54) is 0 Å². The van der Waals surface area contributed by atoms with Crippen LogP contribution in [-0.4, -0.2) is 42.6 Å². The molecule has 3 heterocycles. The first-order valence-corrected chi connectivity index (χ1v) is 7.22. The molecule has 22 heavy (non-hydrogen) atoms. The number of furan rings is 1. The van der Waals surface area contributed by atoms with Crippen molar-refractivity contribution in [2.45, 2.75) is 12.8 Å². The second-order valence-corrected chi connectivity index (χ2v) is 5.37. The van der Waals surface area contributed by atoms with Gasteiger partial charge in [-0.1, -0.05) is 5.16 Å². The molecular weight excluding hydrogens is 306 g/mol. The summed E-state index contributed by atoms with van der Waals surface area (Å²) in [5, 5.41) is 7.05. The number of carbonyl (C=O) groups is 1. The third kappa shape index (κ3) is 3.51. The number of piperidine rings is 1. The van der Waals surface area contributed by atoms with Crippen molar-refractivity contribution >= 4 is 18.3 Å². The van der Waals surface area contributed by atoms with Gasteiger partial charge < -0.3 is 19.2 Å². The predicted molar refractivity (Wildman–Crippen MR) is 84.0 cm³/mol. The van der Waals surface area contributed by atoms with Crippen molar-refractivity contribution in [3.63, 3.8) is 0 Å². The van der Waals surface area contributed by atoms with Crippen molar-refractivity contribution in [2.24, 2.45) is 5.92 Å². The summed E-state index contributed by atoms with van der Waals surface area (Å²) in [6.45, 7) is 2.48. The molecule has 0 spiro atoms. The first-order chi connectivity index (χ1) is 10.3. The van der Waals surface area contributed by atoms with Gasteiger partial charge in [-0.2, -0.15) is 0 Å². The van der Waals surface area contributed by atoms with Crippen molar-refractivity contribution in [2.75, 3.05) is 26.7 Å². The first-order valence-electron chi connectivity index (χ1n) is 7.22. The SMILES string of the molecule is CNCC1CCCN(C(=O)c2cc(-c3ccco3)on2)C1.Cl. The van der Waals surface area contributed by atoms with Crippen LogP contribution in [0.25, 0.3) is 11.5 Å². The van der Waals surface area contributed by atoms with E-state index < -0.39 is 0 Å². The number of aromatic nitrogens is 1. The number of hydrogen-bond acceptors (Lipinski definition) is 5. The Labute approximate surface area is 135 Å². The molecule has 0 bridgehead atoms. The predicted octanol–water partition coefficient (Wildman–Crippen LogP) is 2.43. The molecule has 6 nitrogen and oxygen atoms in total. The number of likely N-dealkylation sites (tertiary alicyclic amines) is 1. The topological polar surface area (TPSA) is 71.5 Å². The second-order valence-electron chi connectivity index (χ2n) is 5.37. The molecule has 0 aromatic carbocycles. The van der Waals surface area contributed by atoms with Crippen LogP contribution in [0.2, 0.25) is 0 Å². The van der Waals surface area contributed by atoms with Crippen molar-refractivity contribution in [1.82, 2.24) is 15.4 Å². The molecule has 7 heteroatoms. The molecule has 0 saturated carbocycles. The maximum atomic E-state index is 12.5. The summed E-state index contributed by atoms with van der Waals surface area (Å²) < 4.78 is 10.4. The molecule has 1 N–H and O–H groups in total. The standard InChI is InChI=1S/C15H19N3O3.ClH/c1-16-9-11-4-2-6-18(10-11)15(19)12-8-14(21-17-12)13-5-3-7-20-13;/h3,5,7-8,11,16H,2,4,6,9-10H2,1H3;1H. The van der Waals surface area contributed by atoms with Crippen LogP contribution in [0.15, 0.2) is 33.4 Å². The van der Waals surface area contributed by atoms with Crippen molar-refractivity contribution in [3.8, 4) is 11.5 Å². The molecule has 120 valence electrons. The molecule has 1 unspecified atom stereocenters. The van der Waals surface area contributed by atoms with Crippen LogP contribution in [0, 0.1) is 5.92 Å². The van der Waals surface area contributed by atoms with Gasteiger partial charge in [0.15, 0.2) is 11.5 Å². The van der Waals surface area contributed by atoms with Crippen LogP contribution in [-0.2, 0) is 0 Å². The van der Waals surface area contributed by atoms with Gasteiger partial charge in [0.25, 0.3) is 5.91 Å². The van der Waals surface area contributed by atoms with Gasteiger partial charge >= 0.3 is 0 Å². The second kappa shape index (κ2) is 7.47. The molecule has 1 aliphatic heterocycles. The Morgan fingerprint density at radius 1 is 1.50 bits per heavy atom. The van der Waals surface area contributed by atoms with Crippen molar-refractivity contribution in [1.29, 1.82) is 0 Å². The van der Waals surface area contributed by atoms with Gasteiger partial charge in [-0.15, -0.1) is 12.4 Å². The maximum Gasteiger partial charge on any atom is 0.276 e. The highest BCUT2D eigenvalue weighted by atomic mass is 35.5. The van der Waals surface area contributed by atoms with E-state index in [2.05, 4.69) is 10.5 Å². The van der Waals surface area contributed by atoms with Gasteiger partial charge in [0, 0.05) is 19.2 Å². The molecule has 1 amide bonds. The Balaban J connectivity index is 0.00000176. The molecule has 0 aliphatic carbocycles. The minimum Gasteiger partial charge on any atom is -0.461 e.